The van der Waals surface area contributed by atoms with Gasteiger partial charge in [-0.3, -0.25) is 4.98 Å². The van der Waals surface area contributed by atoms with E-state index >= 15 is 0 Å². The first kappa shape index (κ1) is 16.6. The van der Waals surface area contributed by atoms with Crippen LogP contribution < -0.4 is 10.6 Å². The van der Waals surface area contributed by atoms with Crippen LogP contribution in [-0.4, -0.2) is 26.0 Å². The topological polar surface area (TPSA) is 84.7 Å². The Bertz CT molecular complexity index is 826. The van der Waals surface area contributed by atoms with Gasteiger partial charge in [0.1, 0.15) is 5.69 Å². The third-order valence-corrected chi connectivity index (χ3v) is 3.72. The van der Waals surface area contributed by atoms with Crippen molar-refractivity contribution in [2.75, 3.05) is 5.32 Å². The van der Waals surface area contributed by atoms with Gasteiger partial charge in [-0.2, -0.15) is 0 Å². The number of pyridine rings is 1. The van der Waals surface area contributed by atoms with Crippen LogP contribution in [0.15, 0.2) is 55.0 Å². The lowest BCUT2D eigenvalue weighted by Gasteiger charge is -2.09. The van der Waals surface area contributed by atoms with Gasteiger partial charge in [0.2, 0.25) is 0 Å². The van der Waals surface area contributed by atoms with Crippen LogP contribution in [0.1, 0.15) is 31.0 Å². The Morgan fingerprint density at radius 2 is 2.00 bits per heavy atom. The summed E-state index contributed by atoms with van der Waals surface area (Å²) in [6, 6.07) is 11.2. The van der Waals surface area contributed by atoms with E-state index in [1.54, 1.807) is 23.3 Å². The summed E-state index contributed by atoms with van der Waals surface area (Å²) in [7, 11) is 0. The Kier molecular flexibility index (Phi) is 5.03. The van der Waals surface area contributed by atoms with Gasteiger partial charge in [0.05, 0.1) is 24.6 Å². The van der Waals surface area contributed by atoms with Gasteiger partial charge >= 0.3 is 6.03 Å². The molecule has 7 nitrogen and oxygen atoms in total. The number of urea groups is 1. The number of nitrogens with one attached hydrogen (secondary N) is 2. The van der Waals surface area contributed by atoms with Crippen molar-refractivity contribution < 1.29 is 4.79 Å². The van der Waals surface area contributed by atoms with Crippen molar-refractivity contribution >= 4 is 11.7 Å². The maximum absolute atomic E-state index is 12.0. The van der Waals surface area contributed by atoms with E-state index in [0.29, 0.717) is 11.6 Å². The summed E-state index contributed by atoms with van der Waals surface area (Å²) in [5.41, 5.74) is 3.46. The van der Waals surface area contributed by atoms with Crippen molar-refractivity contribution in [1.29, 1.82) is 0 Å². The Morgan fingerprint density at radius 3 is 2.68 bits per heavy atom. The molecule has 0 fully saturated rings. The first-order valence-corrected chi connectivity index (χ1v) is 8.08. The molecule has 3 rings (SSSR count). The Balaban J connectivity index is 1.53. The van der Waals surface area contributed by atoms with Crippen LogP contribution in [0.5, 0.6) is 0 Å². The van der Waals surface area contributed by atoms with Crippen LogP contribution >= 0.6 is 0 Å². The SMILES string of the molecule is CC(C)c1ccc(NC(=O)NCc2cn(-c3cccnc3)nn2)cc1. The van der Waals surface area contributed by atoms with E-state index in [2.05, 4.69) is 39.8 Å². The molecule has 0 aliphatic rings. The van der Waals surface area contributed by atoms with Crippen molar-refractivity contribution in [3.05, 3.63) is 66.2 Å². The fourth-order valence-electron chi connectivity index (χ4n) is 2.29. The molecule has 0 saturated carbocycles. The van der Waals surface area contributed by atoms with Crippen LogP contribution in [0, 0.1) is 0 Å². The molecule has 2 amide bonds. The molecule has 0 unspecified atom stereocenters. The zero-order valence-electron chi connectivity index (χ0n) is 14.2. The summed E-state index contributed by atoms with van der Waals surface area (Å²) < 4.78 is 1.62. The molecule has 2 aromatic heterocycles. The molecule has 0 bridgehead atoms. The van der Waals surface area contributed by atoms with Crippen LogP contribution in [0.2, 0.25) is 0 Å². The number of amides is 2. The largest absolute Gasteiger partial charge is 0.332 e. The third kappa shape index (κ3) is 4.41. The van der Waals surface area contributed by atoms with Gasteiger partial charge in [-0.05, 0) is 35.7 Å². The van der Waals surface area contributed by atoms with Crippen molar-refractivity contribution in [1.82, 2.24) is 25.3 Å². The molecule has 3 aromatic rings. The first-order valence-electron chi connectivity index (χ1n) is 8.08. The fraction of sp³-hybridized carbons (Fsp3) is 0.222. The highest BCUT2D eigenvalue weighted by Gasteiger charge is 2.06. The molecule has 0 saturated heterocycles. The van der Waals surface area contributed by atoms with Gasteiger partial charge < -0.3 is 10.6 Å². The third-order valence-electron chi connectivity index (χ3n) is 3.72. The molecular weight excluding hydrogens is 316 g/mol. The van der Waals surface area contributed by atoms with E-state index in [1.807, 2.05) is 36.4 Å². The lowest BCUT2D eigenvalue weighted by atomic mass is 10.0. The molecule has 0 atom stereocenters. The van der Waals surface area contributed by atoms with E-state index in [-0.39, 0.29) is 12.6 Å². The molecule has 2 N–H and O–H groups in total. The Hall–Kier alpha value is -3.22. The first-order chi connectivity index (χ1) is 12.1. The summed E-state index contributed by atoms with van der Waals surface area (Å²) in [5.74, 6) is 0.463. The lowest BCUT2D eigenvalue weighted by Crippen LogP contribution is -2.28. The number of rotatable bonds is 5. The van der Waals surface area contributed by atoms with E-state index < -0.39 is 0 Å². The number of benzene rings is 1. The second-order valence-corrected chi connectivity index (χ2v) is 5.95. The second-order valence-electron chi connectivity index (χ2n) is 5.95. The van der Waals surface area contributed by atoms with Gasteiger partial charge in [0, 0.05) is 11.9 Å². The van der Waals surface area contributed by atoms with Crippen LogP contribution in [0.3, 0.4) is 0 Å². The Labute approximate surface area is 146 Å². The number of nitrogens with zero attached hydrogens (tertiary/aromatic N) is 4. The zero-order chi connectivity index (χ0) is 17.6. The minimum Gasteiger partial charge on any atom is -0.332 e. The number of hydrogen-bond acceptors (Lipinski definition) is 4. The number of carbonyl (C=O) groups excluding carboxylic acids is 1. The van der Waals surface area contributed by atoms with E-state index in [9.17, 15) is 4.79 Å². The zero-order valence-corrected chi connectivity index (χ0v) is 14.2. The molecule has 0 radical (unpaired) electrons. The summed E-state index contributed by atoms with van der Waals surface area (Å²) in [6.07, 6.45) is 5.15. The van der Waals surface area contributed by atoms with Crippen molar-refractivity contribution in [2.45, 2.75) is 26.3 Å². The lowest BCUT2D eigenvalue weighted by molar-refractivity contribution is 0.251. The van der Waals surface area contributed by atoms with Crippen molar-refractivity contribution in [2.24, 2.45) is 0 Å². The molecule has 1 aromatic carbocycles. The average Bonchev–Trinajstić information content (AvgIpc) is 3.10. The van der Waals surface area contributed by atoms with Crippen LogP contribution in [0.4, 0.5) is 10.5 Å². The minimum absolute atomic E-state index is 0.284. The number of hydrogen-bond donors (Lipinski definition) is 2. The highest BCUT2D eigenvalue weighted by molar-refractivity contribution is 5.89. The molecule has 7 heteroatoms. The van der Waals surface area contributed by atoms with Gasteiger partial charge in [-0.25, -0.2) is 9.48 Å². The summed E-state index contributed by atoms with van der Waals surface area (Å²) in [6.45, 7) is 4.55. The minimum atomic E-state index is -0.284. The molecular formula is C18H20N6O. The second kappa shape index (κ2) is 7.57. The predicted octanol–water partition coefficient (Wildman–Crippen LogP) is 3.11. The van der Waals surface area contributed by atoms with Crippen LogP contribution in [0.25, 0.3) is 5.69 Å². The fourth-order valence-corrected chi connectivity index (χ4v) is 2.29. The summed E-state index contributed by atoms with van der Waals surface area (Å²) in [5, 5.41) is 13.6. The van der Waals surface area contributed by atoms with E-state index in [0.717, 1.165) is 11.4 Å². The van der Waals surface area contributed by atoms with Crippen molar-refractivity contribution in [3.63, 3.8) is 0 Å². The maximum Gasteiger partial charge on any atom is 0.319 e. The van der Waals surface area contributed by atoms with Gasteiger partial charge in [0.25, 0.3) is 0 Å². The highest BCUT2D eigenvalue weighted by Crippen LogP contribution is 2.17. The standard InChI is InChI=1S/C18H20N6O/c1-13(2)14-5-7-15(8-6-14)21-18(25)20-10-16-12-24(23-22-16)17-4-3-9-19-11-17/h3-9,11-13H,10H2,1-2H3,(H2,20,21,25). The molecule has 2 heterocycles. The monoisotopic (exact) mass is 336 g/mol. The summed E-state index contributed by atoms with van der Waals surface area (Å²) in [4.78, 5) is 16.0. The van der Waals surface area contributed by atoms with Crippen molar-refractivity contribution in [3.8, 4) is 5.69 Å². The smallest absolute Gasteiger partial charge is 0.319 e. The summed E-state index contributed by atoms with van der Waals surface area (Å²) >= 11 is 0. The molecule has 128 valence electrons. The van der Waals surface area contributed by atoms with Gasteiger partial charge in [0.15, 0.2) is 0 Å². The average molecular weight is 336 g/mol. The van der Waals surface area contributed by atoms with E-state index in [1.165, 1.54) is 5.56 Å². The highest BCUT2D eigenvalue weighted by atomic mass is 16.2. The quantitative estimate of drug-likeness (QED) is 0.750. The van der Waals surface area contributed by atoms with Gasteiger partial charge in [-0.15, -0.1) is 5.10 Å². The maximum atomic E-state index is 12.0. The molecule has 0 spiro atoms. The Morgan fingerprint density at radius 1 is 1.20 bits per heavy atom. The molecule has 0 aliphatic heterocycles. The number of carbonyl (C=O) groups is 1. The number of anilines is 1. The number of aromatic nitrogens is 4. The normalized spacial score (nSPS) is 10.7. The predicted molar refractivity (Wildman–Crippen MR) is 95.5 cm³/mol. The van der Waals surface area contributed by atoms with Crippen LogP contribution in [-0.2, 0) is 6.54 Å². The van der Waals surface area contributed by atoms with E-state index in [4.69, 9.17) is 0 Å². The van der Waals surface area contributed by atoms with Gasteiger partial charge in [-0.1, -0.05) is 31.2 Å². The molecule has 0 aliphatic carbocycles. The molecule has 25 heavy (non-hydrogen) atoms.